The molecule has 0 spiro atoms. The Bertz CT molecular complexity index is 746. The molecule has 0 unspecified atom stereocenters. The number of alkyl halides is 2. The number of hydrogen-bond acceptors (Lipinski definition) is 7. The molecule has 9 heteroatoms. The molecule has 0 aliphatic heterocycles. The van der Waals surface area contributed by atoms with E-state index in [1.54, 1.807) is 0 Å². The van der Waals surface area contributed by atoms with Crippen LogP contribution in [-0.4, -0.2) is 26.5 Å². The Morgan fingerprint density at radius 2 is 1.95 bits per heavy atom. The normalized spacial score (nSPS) is 11.2. The van der Waals surface area contributed by atoms with Gasteiger partial charge in [-0.2, -0.15) is 13.8 Å². The van der Waals surface area contributed by atoms with E-state index in [0.29, 0.717) is 27.0 Å². The number of halogens is 2. The van der Waals surface area contributed by atoms with E-state index in [0.717, 1.165) is 0 Å². The van der Waals surface area contributed by atoms with Crippen molar-refractivity contribution in [1.82, 2.24) is 19.9 Å². The third-order valence-corrected chi connectivity index (χ3v) is 3.13. The van der Waals surface area contributed by atoms with E-state index >= 15 is 0 Å². The van der Waals surface area contributed by atoms with Gasteiger partial charge in [0.25, 0.3) is 0 Å². The average Bonchev–Trinajstić information content (AvgIpc) is 2.78. The first kappa shape index (κ1) is 12.6. The van der Waals surface area contributed by atoms with Crippen LogP contribution in [0.25, 0.3) is 21.9 Å². The molecule has 0 bridgehead atoms. The van der Waals surface area contributed by atoms with E-state index in [4.69, 9.17) is 5.73 Å². The Labute approximate surface area is 115 Å². The molecule has 3 rings (SSSR count). The van der Waals surface area contributed by atoms with E-state index in [2.05, 4.69) is 24.7 Å². The molecule has 0 saturated heterocycles. The third kappa shape index (κ3) is 2.48. The van der Waals surface area contributed by atoms with Crippen LogP contribution in [0.15, 0.2) is 24.5 Å². The van der Waals surface area contributed by atoms with Crippen LogP contribution < -0.4 is 10.5 Å². The standard InChI is InChI=1S/C11H7F2N5OS/c12-10(13)19-5-1-2-6(15-3-5)7-4-16-8-9(17-7)20-11(14)18-8/h1-4,10H,(H2,14,16,18). The first-order valence-electron chi connectivity index (χ1n) is 5.42. The number of pyridine rings is 1. The number of thiazole rings is 1. The first-order valence-corrected chi connectivity index (χ1v) is 6.24. The predicted molar refractivity (Wildman–Crippen MR) is 69.5 cm³/mol. The second-order valence-electron chi connectivity index (χ2n) is 3.69. The smallest absolute Gasteiger partial charge is 0.387 e. The number of aromatic nitrogens is 4. The molecule has 6 nitrogen and oxygen atoms in total. The Kier molecular flexibility index (Phi) is 3.11. The Morgan fingerprint density at radius 3 is 2.65 bits per heavy atom. The molecule has 0 aliphatic rings. The maximum absolute atomic E-state index is 12.0. The van der Waals surface area contributed by atoms with Crippen LogP contribution in [-0.2, 0) is 0 Å². The van der Waals surface area contributed by atoms with Crippen molar-refractivity contribution < 1.29 is 13.5 Å². The molecule has 0 aromatic carbocycles. The molecule has 3 aromatic rings. The lowest BCUT2D eigenvalue weighted by molar-refractivity contribution is -0.0500. The summed E-state index contributed by atoms with van der Waals surface area (Å²) in [5.74, 6) is -0.0141. The zero-order valence-corrected chi connectivity index (χ0v) is 10.6. The summed E-state index contributed by atoms with van der Waals surface area (Å²) in [7, 11) is 0. The number of anilines is 1. The number of nitrogens with zero attached hydrogens (tertiary/aromatic N) is 4. The number of nitrogens with two attached hydrogens (primary N) is 1. The molecule has 0 atom stereocenters. The molecule has 0 aliphatic carbocycles. The summed E-state index contributed by atoms with van der Waals surface area (Å²) in [6.07, 6.45) is 2.70. The fourth-order valence-corrected chi connectivity index (χ4v) is 2.23. The SMILES string of the molecule is Nc1nc2ncc(-c3ccc(OC(F)F)cn3)nc2s1. The first-order chi connectivity index (χ1) is 9.61. The van der Waals surface area contributed by atoms with Crippen LogP contribution >= 0.6 is 11.3 Å². The lowest BCUT2D eigenvalue weighted by Crippen LogP contribution is -2.02. The number of hydrogen-bond donors (Lipinski definition) is 1. The highest BCUT2D eigenvalue weighted by molar-refractivity contribution is 7.21. The van der Waals surface area contributed by atoms with E-state index in [1.807, 2.05) is 0 Å². The quantitative estimate of drug-likeness (QED) is 0.798. The van der Waals surface area contributed by atoms with Crippen molar-refractivity contribution in [3.8, 4) is 17.1 Å². The largest absolute Gasteiger partial charge is 0.433 e. The second kappa shape index (κ2) is 4.93. The van der Waals surface area contributed by atoms with Gasteiger partial charge in [0, 0.05) is 0 Å². The maximum Gasteiger partial charge on any atom is 0.387 e. The molecule has 102 valence electrons. The summed E-state index contributed by atoms with van der Waals surface area (Å²) in [6.45, 7) is -2.88. The maximum atomic E-state index is 12.0. The van der Waals surface area contributed by atoms with Crippen LogP contribution in [0.4, 0.5) is 13.9 Å². The van der Waals surface area contributed by atoms with Gasteiger partial charge < -0.3 is 10.5 Å². The van der Waals surface area contributed by atoms with Crippen molar-refractivity contribution in [2.24, 2.45) is 0 Å². The summed E-state index contributed by atoms with van der Waals surface area (Å²) in [6, 6.07) is 2.92. The topological polar surface area (TPSA) is 86.8 Å². The van der Waals surface area contributed by atoms with E-state index < -0.39 is 6.61 Å². The van der Waals surface area contributed by atoms with Gasteiger partial charge in [-0.05, 0) is 12.1 Å². The molecule has 0 amide bonds. The van der Waals surface area contributed by atoms with Crippen molar-refractivity contribution in [3.05, 3.63) is 24.5 Å². The van der Waals surface area contributed by atoms with Crippen LogP contribution in [0.2, 0.25) is 0 Å². The Balaban J connectivity index is 1.93. The minimum absolute atomic E-state index is 0.0141. The van der Waals surface area contributed by atoms with Crippen molar-refractivity contribution >= 4 is 26.9 Å². The summed E-state index contributed by atoms with van der Waals surface area (Å²) in [5.41, 5.74) is 7.03. The fraction of sp³-hybridized carbons (Fsp3) is 0.0909. The van der Waals surface area contributed by atoms with Crippen molar-refractivity contribution in [1.29, 1.82) is 0 Å². The third-order valence-electron chi connectivity index (χ3n) is 2.36. The Morgan fingerprint density at radius 1 is 1.10 bits per heavy atom. The van der Waals surface area contributed by atoms with E-state index in [1.165, 1.54) is 35.9 Å². The summed E-state index contributed by atoms with van der Waals surface area (Å²) in [5, 5.41) is 0.380. The lowest BCUT2D eigenvalue weighted by Gasteiger charge is -2.04. The summed E-state index contributed by atoms with van der Waals surface area (Å²) in [4.78, 5) is 17.0. The zero-order valence-electron chi connectivity index (χ0n) is 9.83. The highest BCUT2D eigenvalue weighted by Crippen LogP contribution is 2.24. The van der Waals surface area contributed by atoms with Gasteiger partial charge in [-0.1, -0.05) is 11.3 Å². The second-order valence-corrected chi connectivity index (χ2v) is 4.70. The molecule has 0 radical (unpaired) electrons. The molecule has 3 heterocycles. The fourth-order valence-electron chi connectivity index (χ4n) is 1.56. The van der Waals surface area contributed by atoms with Crippen LogP contribution in [0.3, 0.4) is 0 Å². The number of fused-ring (bicyclic) bond motifs is 1. The summed E-state index contributed by atoms with van der Waals surface area (Å²) < 4.78 is 28.3. The monoisotopic (exact) mass is 295 g/mol. The van der Waals surface area contributed by atoms with Gasteiger partial charge in [0.1, 0.15) is 11.4 Å². The van der Waals surface area contributed by atoms with Gasteiger partial charge in [0.2, 0.25) is 0 Å². The molecule has 20 heavy (non-hydrogen) atoms. The highest BCUT2D eigenvalue weighted by atomic mass is 32.1. The zero-order chi connectivity index (χ0) is 14.1. The molecule has 2 N–H and O–H groups in total. The van der Waals surface area contributed by atoms with Crippen LogP contribution in [0.1, 0.15) is 0 Å². The minimum Gasteiger partial charge on any atom is -0.433 e. The van der Waals surface area contributed by atoms with Crippen molar-refractivity contribution in [3.63, 3.8) is 0 Å². The van der Waals surface area contributed by atoms with Crippen LogP contribution in [0, 0.1) is 0 Å². The molecular formula is C11H7F2N5OS. The number of nitrogen functional groups attached to an aromatic ring is 1. The van der Waals surface area contributed by atoms with Gasteiger partial charge in [-0.3, -0.25) is 4.98 Å². The number of rotatable bonds is 3. The number of ether oxygens (including phenoxy) is 1. The molecule has 3 aromatic heterocycles. The Hall–Kier alpha value is -2.42. The molecular weight excluding hydrogens is 288 g/mol. The predicted octanol–water partition coefficient (Wildman–Crippen LogP) is 2.33. The van der Waals surface area contributed by atoms with Crippen molar-refractivity contribution in [2.75, 3.05) is 5.73 Å². The minimum atomic E-state index is -2.88. The van der Waals surface area contributed by atoms with Gasteiger partial charge in [-0.15, -0.1) is 0 Å². The lowest BCUT2D eigenvalue weighted by atomic mass is 10.3. The average molecular weight is 295 g/mol. The highest BCUT2D eigenvalue weighted by Gasteiger charge is 2.09. The van der Waals surface area contributed by atoms with Gasteiger partial charge in [-0.25, -0.2) is 9.97 Å². The van der Waals surface area contributed by atoms with Gasteiger partial charge in [0.15, 0.2) is 15.6 Å². The molecule has 0 saturated carbocycles. The van der Waals surface area contributed by atoms with Crippen LogP contribution in [0.5, 0.6) is 5.75 Å². The van der Waals surface area contributed by atoms with E-state index in [-0.39, 0.29) is 5.75 Å². The summed E-state index contributed by atoms with van der Waals surface area (Å²) >= 11 is 1.21. The van der Waals surface area contributed by atoms with Gasteiger partial charge >= 0.3 is 6.61 Å². The van der Waals surface area contributed by atoms with E-state index in [9.17, 15) is 8.78 Å². The van der Waals surface area contributed by atoms with Crippen molar-refractivity contribution in [2.45, 2.75) is 6.61 Å². The van der Waals surface area contributed by atoms with Gasteiger partial charge in [0.05, 0.1) is 18.1 Å². The molecule has 0 fully saturated rings.